The van der Waals surface area contributed by atoms with Gasteiger partial charge in [-0.25, -0.2) is 0 Å². The maximum atomic E-state index is 11.6. The van der Waals surface area contributed by atoms with Gasteiger partial charge in [-0.2, -0.15) is 0 Å². The standard InChI is InChI=1S/C9H12Cl3NO3/c1-16-7(14)6-2-4-13(5-3-6)8(15)9(10,11)12/h6H,2-5H2,1H3. The van der Waals surface area contributed by atoms with Crippen LogP contribution in [0.1, 0.15) is 12.8 Å². The fourth-order valence-corrected chi connectivity index (χ4v) is 2.02. The Hall–Kier alpha value is -0.190. The van der Waals surface area contributed by atoms with Crippen LogP contribution < -0.4 is 0 Å². The number of piperidine rings is 1. The first-order chi connectivity index (χ1) is 7.36. The zero-order valence-electron chi connectivity index (χ0n) is 8.71. The summed E-state index contributed by atoms with van der Waals surface area (Å²) in [6.07, 6.45) is 1.08. The van der Waals surface area contributed by atoms with E-state index in [0.717, 1.165) is 0 Å². The zero-order valence-corrected chi connectivity index (χ0v) is 11.0. The van der Waals surface area contributed by atoms with Gasteiger partial charge in [0.25, 0.3) is 9.70 Å². The minimum absolute atomic E-state index is 0.163. The van der Waals surface area contributed by atoms with Gasteiger partial charge in [-0.3, -0.25) is 9.59 Å². The number of alkyl halides is 3. The summed E-state index contributed by atoms with van der Waals surface area (Å²) in [5, 5.41) is 0. The Balaban J connectivity index is 2.49. The molecule has 1 rings (SSSR count). The van der Waals surface area contributed by atoms with E-state index >= 15 is 0 Å². The molecule has 0 aliphatic carbocycles. The number of amides is 1. The SMILES string of the molecule is COC(=O)C1CCN(C(=O)C(Cl)(Cl)Cl)CC1. The van der Waals surface area contributed by atoms with Gasteiger partial charge in [0, 0.05) is 13.1 Å². The average Bonchev–Trinajstić information content (AvgIpc) is 2.26. The summed E-state index contributed by atoms with van der Waals surface area (Å²) in [7, 11) is 1.35. The van der Waals surface area contributed by atoms with Gasteiger partial charge < -0.3 is 9.64 Å². The van der Waals surface area contributed by atoms with Crippen LogP contribution in [0.5, 0.6) is 0 Å². The summed E-state index contributed by atoms with van der Waals surface area (Å²) in [5.41, 5.74) is 0. The molecule has 7 heteroatoms. The predicted octanol–water partition coefficient (Wildman–Crippen LogP) is 1.77. The first-order valence-corrected chi connectivity index (χ1v) is 5.93. The smallest absolute Gasteiger partial charge is 0.308 e. The number of halogens is 3. The van der Waals surface area contributed by atoms with Crippen molar-refractivity contribution < 1.29 is 14.3 Å². The molecule has 1 amide bonds. The van der Waals surface area contributed by atoms with Crippen LogP contribution >= 0.6 is 34.8 Å². The molecule has 0 aromatic carbocycles. The number of ether oxygens (including phenoxy) is 1. The first kappa shape index (κ1) is 13.9. The Kier molecular flexibility index (Phi) is 4.71. The molecule has 92 valence electrons. The third-order valence-electron chi connectivity index (χ3n) is 2.56. The molecule has 0 saturated carbocycles. The van der Waals surface area contributed by atoms with Crippen molar-refractivity contribution in [1.82, 2.24) is 4.90 Å². The van der Waals surface area contributed by atoms with E-state index in [1.54, 1.807) is 0 Å². The van der Waals surface area contributed by atoms with E-state index in [2.05, 4.69) is 4.74 Å². The van der Waals surface area contributed by atoms with Crippen molar-refractivity contribution >= 4 is 46.7 Å². The number of hydrogen-bond donors (Lipinski definition) is 0. The van der Waals surface area contributed by atoms with Crippen molar-refractivity contribution in [2.45, 2.75) is 16.6 Å². The van der Waals surface area contributed by atoms with E-state index < -0.39 is 9.70 Å². The van der Waals surface area contributed by atoms with Gasteiger partial charge in [0.05, 0.1) is 13.0 Å². The molecule has 4 nitrogen and oxygen atoms in total. The summed E-state index contributed by atoms with van der Waals surface area (Å²) in [6.45, 7) is 0.818. The lowest BCUT2D eigenvalue weighted by molar-refractivity contribution is -0.148. The van der Waals surface area contributed by atoms with E-state index in [-0.39, 0.29) is 11.9 Å². The lowest BCUT2D eigenvalue weighted by Crippen LogP contribution is -2.45. The van der Waals surface area contributed by atoms with Gasteiger partial charge in [-0.15, -0.1) is 0 Å². The van der Waals surface area contributed by atoms with E-state index in [1.807, 2.05) is 0 Å². The summed E-state index contributed by atoms with van der Waals surface area (Å²) in [6, 6.07) is 0. The summed E-state index contributed by atoms with van der Waals surface area (Å²) in [4.78, 5) is 24.3. The Morgan fingerprint density at radius 3 is 2.12 bits per heavy atom. The molecule has 0 aromatic rings. The van der Waals surface area contributed by atoms with Crippen LogP contribution in [0.15, 0.2) is 0 Å². The van der Waals surface area contributed by atoms with Crippen LogP contribution in [0.2, 0.25) is 0 Å². The normalized spacial score (nSPS) is 18.4. The van der Waals surface area contributed by atoms with Crippen molar-refractivity contribution in [3.8, 4) is 0 Å². The maximum Gasteiger partial charge on any atom is 0.308 e. The largest absolute Gasteiger partial charge is 0.469 e. The molecule has 1 saturated heterocycles. The Bertz CT molecular complexity index is 282. The number of rotatable bonds is 1. The van der Waals surface area contributed by atoms with E-state index in [4.69, 9.17) is 34.8 Å². The quantitative estimate of drug-likeness (QED) is 0.546. The predicted molar refractivity (Wildman–Crippen MR) is 61.6 cm³/mol. The van der Waals surface area contributed by atoms with E-state index in [0.29, 0.717) is 25.9 Å². The second kappa shape index (κ2) is 5.43. The van der Waals surface area contributed by atoms with Gasteiger partial charge in [0.2, 0.25) is 0 Å². The fraction of sp³-hybridized carbons (Fsp3) is 0.778. The molecular formula is C9H12Cl3NO3. The Labute approximate surface area is 109 Å². The molecular weight excluding hydrogens is 276 g/mol. The molecule has 0 bridgehead atoms. The molecule has 0 aromatic heterocycles. The van der Waals surface area contributed by atoms with Crippen LogP contribution in [-0.4, -0.2) is 40.8 Å². The number of esters is 1. The molecule has 1 aliphatic rings. The number of carbonyl (C=O) groups excluding carboxylic acids is 2. The first-order valence-electron chi connectivity index (χ1n) is 4.80. The Morgan fingerprint density at radius 2 is 1.75 bits per heavy atom. The highest BCUT2D eigenvalue weighted by Crippen LogP contribution is 2.30. The molecule has 0 radical (unpaired) electrons. The van der Waals surface area contributed by atoms with Gasteiger partial charge >= 0.3 is 5.97 Å². The Morgan fingerprint density at radius 1 is 1.25 bits per heavy atom. The third-order valence-corrected chi connectivity index (χ3v) is 3.04. The highest BCUT2D eigenvalue weighted by molar-refractivity contribution is 6.76. The van der Waals surface area contributed by atoms with E-state index in [1.165, 1.54) is 12.0 Å². The minimum Gasteiger partial charge on any atom is -0.469 e. The molecule has 0 atom stereocenters. The fourth-order valence-electron chi connectivity index (χ4n) is 1.66. The average molecular weight is 289 g/mol. The summed E-state index contributed by atoms with van der Waals surface area (Å²) >= 11 is 16.5. The van der Waals surface area contributed by atoms with Crippen molar-refractivity contribution in [3.63, 3.8) is 0 Å². The van der Waals surface area contributed by atoms with Gasteiger partial charge in [0.15, 0.2) is 0 Å². The molecule has 1 aliphatic heterocycles. The molecule has 1 fully saturated rings. The number of likely N-dealkylation sites (tertiary alicyclic amines) is 1. The monoisotopic (exact) mass is 287 g/mol. The minimum atomic E-state index is -1.92. The van der Waals surface area contributed by atoms with Crippen molar-refractivity contribution in [1.29, 1.82) is 0 Å². The van der Waals surface area contributed by atoms with Crippen LogP contribution in [0.3, 0.4) is 0 Å². The van der Waals surface area contributed by atoms with Crippen LogP contribution in [0.4, 0.5) is 0 Å². The topological polar surface area (TPSA) is 46.6 Å². The third kappa shape index (κ3) is 3.40. The van der Waals surface area contributed by atoms with Crippen LogP contribution in [0, 0.1) is 5.92 Å². The molecule has 0 unspecified atom stereocenters. The van der Waals surface area contributed by atoms with Crippen LogP contribution in [0.25, 0.3) is 0 Å². The maximum absolute atomic E-state index is 11.6. The van der Waals surface area contributed by atoms with Crippen molar-refractivity contribution in [3.05, 3.63) is 0 Å². The number of methoxy groups -OCH3 is 1. The zero-order chi connectivity index (χ0) is 12.3. The molecule has 0 N–H and O–H groups in total. The van der Waals surface area contributed by atoms with E-state index in [9.17, 15) is 9.59 Å². The molecule has 1 heterocycles. The molecule has 0 spiro atoms. The lowest BCUT2D eigenvalue weighted by Gasteiger charge is -2.32. The second-order valence-electron chi connectivity index (χ2n) is 3.59. The van der Waals surface area contributed by atoms with Gasteiger partial charge in [-0.1, -0.05) is 34.8 Å². The number of carbonyl (C=O) groups is 2. The van der Waals surface area contributed by atoms with Crippen LogP contribution in [-0.2, 0) is 14.3 Å². The lowest BCUT2D eigenvalue weighted by atomic mass is 9.97. The van der Waals surface area contributed by atoms with Crippen molar-refractivity contribution in [2.24, 2.45) is 5.92 Å². The highest BCUT2D eigenvalue weighted by atomic mass is 35.6. The van der Waals surface area contributed by atoms with Gasteiger partial charge in [-0.05, 0) is 12.8 Å². The van der Waals surface area contributed by atoms with Crippen molar-refractivity contribution in [2.75, 3.05) is 20.2 Å². The molecule has 16 heavy (non-hydrogen) atoms. The number of hydrogen-bond acceptors (Lipinski definition) is 3. The summed E-state index contributed by atoms with van der Waals surface area (Å²) in [5.74, 6) is -0.953. The van der Waals surface area contributed by atoms with Gasteiger partial charge in [0.1, 0.15) is 0 Å². The highest BCUT2D eigenvalue weighted by Gasteiger charge is 2.37. The number of nitrogens with zero attached hydrogens (tertiary/aromatic N) is 1. The summed E-state index contributed by atoms with van der Waals surface area (Å²) < 4.78 is 2.71. The second-order valence-corrected chi connectivity index (χ2v) is 5.87.